The topological polar surface area (TPSA) is 38.3 Å². The normalized spacial score (nSPS) is 11.9. The lowest BCUT2D eigenvalue weighted by atomic mass is 10.1. The molecule has 0 fully saturated rings. The molecule has 1 atom stereocenters. The molecule has 1 aromatic heterocycles. The van der Waals surface area contributed by atoms with E-state index in [1.165, 1.54) is 0 Å². The molecule has 1 N–H and O–H groups in total. The van der Waals surface area contributed by atoms with Gasteiger partial charge in [0.2, 0.25) is 0 Å². The first-order valence-corrected chi connectivity index (χ1v) is 6.98. The number of rotatable bonds is 4. The van der Waals surface area contributed by atoms with E-state index in [-0.39, 0.29) is 11.9 Å². The number of nitrogens with one attached hydrogen (secondary N) is 1. The van der Waals surface area contributed by atoms with Crippen molar-refractivity contribution in [3.63, 3.8) is 0 Å². The number of amides is 1. The molecule has 0 aliphatic rings. The number of carbonyl (C=O) groups excluding carboxylic acids is 1. The first kappa shape index (κ1) is 13.6. The molecule has 1 heterocycles. The highest BCUT2D eigenvalue weighted by Gasteiger charge is 2.12. The molecule has 2 aromatic rings. The third-order valence-corrected chi connectivity index (χ3v) is 3.80. The zero-order chi connectivity index (χ0) is 13.8. The largest absolute Gasteiger partial charge is 0.497 e. The molecule has 0 spiro atoms. The SMILES string of the molecule is COc1cccc(C(C)NC(=O)c2csc(C)c2)c1. The van der Waals surface area contributed by atoms with E-state index in [4.69, 9.17) is 4.74 Å². The predicted octanol–water partition coefficient (Wildman–Crippen LogP) is 3.56. The minimum atomic E-state index is -0.0530. The van der Waals surface area contributed by atoms with Gasteiger partial charge in [-0.3, -0.25) is 4.79 Å². The van der Waals surface area contributed by atoms with Crippen LogP contribution in [0.25, 0.3) is 0 Å². The zero-order valence-corrected chi connectivity index (χ0v) is 12.1. The molecule has 0 bridgehead atoms. The van der Waals surface area contributed by atoms with Crippen molar-refractivity contribution < 1.29 is 9.53 Å². The summed E-state index contributed by atoms with van der Waals surface area (Å²) in [6.07, 6.45) is 0. The number of ether oxygens (including phenoxy) is 1. The highest BCUT2D eigenvalue weighted by molar-refractivity contribution is 7.10. The summed E-state index contributed by atoms with van der Waals surface area (Å²) >= 11 is 1.58. The fraction of sp³-hybridized carbons (Fsp3) is 0.267. The summed E-state index contributed by atoms with van der Waals surface area (Å²) in [6.45, 7) is 3.96. The third-order valence-electron chi connectivity index (χ3n) is 2.93. The van der Waals surface area contributed by atoms with Gasteiger partial charge in [0.15, 0.2) is 0 Å². The second-order valence-corrected chi connectivity index (χ2v) is 5.53. The van der Waals surface area contributed by atoms with Crippen LogP contribution in [0.15, 0.2) is 35.7 Å². The molecule has 0 saturated carbocycles. The molecule has 0 aliphatic carbocycles. The first-order valence-electron chi connectivity index (χ1n) is 6.10. The molecule has 3 nitrogen and oxygen atoms in total. The van der Waals surface area contributed by atoms with Crippen molar-refractivity contribution in [1.29, 1.82) is 0 Å². The molecule has 0 radical (unpaired) electrons. The number of thiophene rings is 1. The van der Waals surface area contributed by atoms with Crippen molar-refractivity contribution in [3.8, 4) is 5.75 Å². The van der Waals surface area contributed by atoms with Crippen LogP contribution in [0.1, 0.15) is 33.8 Å². The Bertz CT molecular complexity index is 577. The van der Waals surface area contributed by atoms with Crippen LogP contribution in [0.4, 0.5) is 0 Å². The predicted molar refractivity (Wildman–Crippen MR) is 77.9 cm³/mol. The molecule has 19 heavy (non-hydrogen) atoms. The van der Waals surface area contributed by atoms with Crippen molar-refractivity contribution in [3.05, 3.63) is 51.7 Å². The second-order valence-electron chi connectivity index (χ2n) is 4.42. The van der Waals surface area contributed by atoms with E-state index < -0.39 is 0 Å². The van der Waals surface area contributed by atoms with E-state index in [1.807, 2.05) is 49.6 Å². The van der Waals surface area contributed by atoms with Gasteiger partial charge in [-0.15, -0.1) is 11.3 Å². The number of hydrogen-bond donors (Lipinski definition) is 1. The van der Waals surface area contributed by atoms with E-state index in [0.29, 0.717) is 0 Å². The van der Waals surface area contributed by atoms with Crippen molar-refractivity contribution >= 4 is 17.2 Å². The van der Waals surface area contributed by atoms with Crippen molar-refractivity contribution in [2.75, 3.05) is 7.11 Å². The summed E-state index contributed by atoms with van der Waals surface area (Å²) in [5, 5.41) is 4.87. The Hall–Kier alpha value is -1.81. The summed E-state index contributed by atoms with van der Waals surface area (Å²) in [6, 6.07) is 9.57. The maximum absolute atomic E-state index is 12.1. The van der Waals surface area contributed by atoms with Gasteiger partial charge in [-0.25, -0.2) is 0 Å². The molecule has 1 amide bonds. The van der Waals surface area contributed by atoms with Crippen molar-refractivity contribution in [2.45, 2.75) is 19.9 Å². The van der Waals surface area contributed by atoms with Crippen LogP contribution in [-0.2, 0) is 0 Å². The molecular formula is C15H17NO2S. The first-order chi connectivity index (χ1) is 9.10. The summed E-state index contributed by atoms with van der Waals surface area (Å²) < 4.78 is 5.19. The Morgan fingerprint density at radius 3 is 2.79 bits per heavy atom. The van der Waals surface area contributed by atoms with E-state index in [2.05, 4.69) is 5.32 Å². The van der Waals surface area contributed by atoms with Gasteiger partial charge in [-0.2, -0.15) is 0 Å². The zero-order valence-electron chi connectivity index (χ0n) is 11.3. The Kier molecular flexibility index (Phi) is 4.22. The summed E-state index contributed by atoms with van der Waals surface area (Å²) in [5.41, 5.74) is 1.75. The summed E-state index contributed by atoms with van der Waals surface area (Å²) in [7, 11) is 1.64. The number of aryl methyl sites for hydroxylation is 1. The summed E-state index contributed by atoms with van der Waals surface area (Å²) in [5.74, 6) is 0.754. The quantitative estimate of drug-likeness (QED) is 0.926. The molecular weight excluding hydrogens is 258 g/mol. The summed E-state index contributed by atoms with van der Waals surface area (Å²) in [4.78, 5) is 13.2. The monoisotopic (exact) mass is 275 g/mol. The van der Waals surface area contributed by atoms with Crippen molar-refractivity contribution in [2.24, 2.45) is 0 Å². The van der Waals surface area contributed by atoms with E-state index in [0.717, 1.165) is 21.8 Å². The second kappa shape index (κ2) is 5.89. The molecule has 100 valence electrons. The fourth-order valence-electron chi connectivity index (χ4n) is 1.84. The average Bonchev–Trinajstić information content (AvgIpc) is 2.85. The number of hydrogen-bond acceptors (Lipinski definition) is 3. The van der Waals surface area contributed by atoms with E-state index in [1.54, 1.807) is 18.4 Å². The van der Waals surface area contributed by atoms with Crippen molar-refractivity contribution in [1.82, 2.24) is 5.32 Å². The van der Waals surface area contributed by atoms with Crippen LogP contribution in [0.2, 0.25) is 0 Å². The molecule has 1 aromatic carbocycles. The Morgan fingerprint density at radius 1 is 1.37 bits per heavy atom. The Morgan fingerprint density at radius 2 is 2.16 bits per heavy atom. The van der Waals surface area contributed by atoms with Crippen LogP contribution in [-0.4, -0.2) is 13.0 Å². The lowest BCUT2D eigenvalue weighted by Crippen LogP contribution is -2.26. The van der Waals surface area contributed by atoms with Gasteiger partial charge in [-0.05, 0) is 37.6 Å². The highest BCUT2D eigenvalue weighted by Crippen LogP contribution is 2.20. The van der Waals surface area contributed by atoms with Gasteiger partial charge < -0.3 is 10.1 Å². The van der Waals surface area contributed by atoms with Gasteiger partial charge >= 0.3 is 0 Å². The lowest BCUT2D eigenvalue weighted by molar-refractivity contribution is 0.0940. The number of benzene rings is 1. The van der Waals surface area contributed by atoms with Crippen LogP contribution in [0, 0.1) is 6.92 Å². The van der Waals surface area contributed by atoms with Crippen LogP contribution >= 0.6 is 11.3 Å². The minimum Gasteiger partial charge on any atom is -0.497 e. The lowest BCUT2D eigenvalue weighted by Gasteiger charge is -2.14. The standard InChI is InChI=1S/C15H17NO2S/c1-10-7-13(9-19-10)15(17)16-11(2)12-5-4-6-14(8-12)18-3/h4-9,11H,1-3H3,(H,16,17). The van der Waals surface area contributed by atoms with Gasteiger partial charge in [0, 0.05) is 10.3 Å². The Balaban J connectivity index is 2.08. The smallest absolute Gasteiger partial charge is 0.252 e. The maximum atomic E-state index is 12.1. The third kappa shape index (κ3) is 3.35. The van der Waals surface area contributed by atoms with E-state index in [9.17, 15) is 4.79 Å². The fourth-order valence-corrected chi connectivity index (χ4v) is 2.52. The van der Waals surface area contributed by atoms with E-state index >= 15 is 0 Å². The van der Waals surface area contributed by atoms with Gasteiger partial charge in [0.25, 0.3) is 5.91 Å². The van der Waals surface area contributed by atoms with Gasteiger partial charge in [-0.1, -0.05) is 12.1 Å². The molecule has 0 aliphatic heterocycles. The maximum Gasteiger partial charge on any atom is 0.252 e. The van der Waals surface area contributed by atoms with Crippen LogP contribution < -0.4 is 10.1 Å². The molecule has 4 heteroatoms. The molecule has 1 unspecified atom stereocenters. The van der Waals surface area contributed by atoms with Gasteiger partial charge in [0.1, 0.15) is 5.75 Å². The molecule has 0 saturated heterocycles. The van der Waals surface area contributed by atoms with Gasteiger partial charge in [0.05, 0.1) is 18.7 Å². The van der Waals surface area contributed by atoms with Crippen LogP contribution in [0.3, 0.4) is 0 Å². The average molecular weight is 275 g/mol. The minimum absolute atomic E-state index is 0.0420. The number of methoxy groups -OCH3 is 1. The van der Waals surface area contributed by atoms with Crippen LogP contribution in [0.5, 0.6) is 5.75 Å². The Labute approximate surface area is 117 Å². The molecule has 2 rings (SSSR count). The highest BCUT2D eigenvalue weighted by atomic mass is 32.1. The number of carbonyl (C=O) groups is 1.